The van der Waals surface area contributed by atoms with E-state index < -0.39 is 0 Å². The van der Waals surface area contributed by atoms with E-state index in [2.05, 4.69) is 18.8 Å². The van der Waals surface area contributed by atoms with E-state index in [0.717, 1.165) is 23.5 Å². The number of nitrogens with one attached hydrogen (secondary N) is 1. The molecule has 0 aliphatic heterocycles. The number of rotatable bonds is 9. The van der Waals surface area contributed by atoms with E-state index in [1.165, 1.54) is 5.56 Å². The van der Waals surface area contributed by atoms with Crippen LogP contribution in [-0.2, 0) is 12.8 Å². The number of carbonyl (C=O) groups excluding carboxylic acids is 1. The van der Waals surface area contributed by atoms with Gasteiger partial charge in [0.1, 0.15) is 18.1 Å². The van der Waals surface area contributed by atoms with Gasteiger partial charge in [-0.2, -0.15) is 0 Å². The Kier molecular flexibility index (Phi) is 7.08. The fraction of sp³-hybridized carbons (Fsp3) is 0.286. The lowest BCUT2D eigenvalue weighted by atomic mass is 10.1. The van der Waals surface area contributed by atoms with Gasteiger partial charge in [-0.25, -0.2) is 0 Å². The van der Waals surface area contributed by atoms with Gasteiger partial charge < -0.3 is 14.8 Å². The van der Waals surface area contributed by atoms with Gasteiger partial charge in [-0.15, -0.1) is 6.58 Å². The molecule has 2 aromatic carbocycles. The molecular formula is C21H25NO3. The average molecular weight is 339 g/mol. The van der Waals surface area contributed by atoms with Gasteiger partial charge in [0.05, 0.1) is 13.7 Å². The summed E-state index contributed by atoms with van der Waals surface area (Å²) in [6.07, 6.45) is 3.45. The van der Waals surface area contributed by atoms with Gasteiger partial charge in [-0.3, -0.25) is 4.79 Å². The van der Waals surface area contributed by atoms with E-state index in [0.29, 0.717) is 25.1 Å². The van der Waals surface area contributed by atoms with Crippen molar-refractivity contribution in [1.29, 1.82) is 0 Å². The second-order valence-corrected chi connectivity index (χ2v) is 5.62. The molecule has 0 spiro atoms. The number of benzene rings is 2. The second kappa shape index (κ2) is 9.52. The zero-order valence-corrected chi connectivity index (χ0v) is 14.9. The Morgan fingerprint density at radius 1 is 1.20 bits per heavy atom. The third kappa shape index (κ3) is 5.38. The maximum absolute atomic E-state index is 12.3. The van der Waals surface area contributed by atoms with Crippen LogP contribution in [-0.4, -0.2) is 26.2 Å². The molecule has 0 saturated heterocycles. The van der Waals surface area contributed by atoms with Crippen LogP contribution in [0.1, 0.15) is 28.4 Å². The summed E-state index contributed by atoms with van der Waals surface area (Å²) in [4.78, 5) is 12.3. The van der Waals surface area contributed by atoms with Crippen molar-refractivity contribution in [3.05, 3.63) is 71.8 Å². The average Bonchev–Trinajstić information content (AvgIpc) is 2.65. The Bertz CT molecular complexity index is 708. The largest absolute Gasteiger partial charge is 0.496 e. The Morgan fingerprint density at radius 3 is 2.60 bits per heavy atom. The standard InChI is InChI=1S/C21H25NO3/c1-4-6-17-15-18(9-12-20(17)24-3)21(23)22-13-14-25-19-10-7-16(5-2)8-11-19/h4,7-12,15H,1,5-6,13-14H2,2-3H3,(H,22,23). The molecule has 0 aliphatic rings. The van der Waals surface area contributed by atoms with Crippen molar-refractivity contribution in [2.75, 3.05) is 20.3 Å². The van der Waals surface area contributed by atoms with Crippen LogP contribution in [0.2, 0.25) is 0 Å². The molecule has 0 atom stereocenters. The molecule has 25 heavy (non-hydrogen) atoms. The fourth-order valence-corrected chi connectivity index (χ4v) is 2.49. The molecule has 0 fully saturated rings. The minimum absolute atomic E-state index is 0.127. The molecule has 2 aromatic rings. The summed E-state index contributed by atoms with van der Waals surface area (Å²) in [5.74, 6) is 1.44. The van der Waals surface area contributed by atoms with Crippen molar-refractivity contribution in [2.45, 2.75) is 19.8 Å². The number of hydrogen-bond donors (Lipinski definition) is 1. The second-order valence-electron chi connectivity index (χ2n) is 5.62. The molecule has 0 heterocycles. The molecular weight excluding hydrogens is 314 g/mol. The van der Waals surface area contributed by atoms with Crippen LogP contribution in [0.3, 0.4) is 0 Å². The van der Waals surface area contributed by atoms with E-state index in [1.54, 1.807) is 25.3 Å². The molecule has 0 bridgehead atoms. The lowest BCUT2D eigenvalue weighted by Gasteiger charge is -2.11. The zero-order chi connectivity index (χ0) is 18.1. The number of hydrogen-bond acceptors (Lipinski definition) is 3. The smallest absolute Gasteiger partial charge is 0.251 e. The van der Waals surface area contributed by atoms with Crippen molar-refractivity contribution >= 4 is 5.91 Å². The number of allylic oxidation sites excluding steroid dienone is 1. The minimum atomic E-state index is -0.127. The topological polar surface area (TPSA) is 47.6 Å². The van der Waals surface area contributed by atoms with E-state index in [-0.39, 0.29) is 5.91 Å². The molecule has 2 rings (SSSR count). The maximum atomic E-state index is 12.3. The summed E-state index contributed by atoms with van der Waals surface area (Å²) >= 11 is 0. The highest BCUT2D eigenvalue weighted by Gasteiger charge is 2.09. The summed E-state index contributed by atoms with van der Waals surface area (Å²) < 4.78 is 10.9. The lowest BCUT2D eigenvalue weighted by Crippen LogP contribution is -2.28. The van der Waals surface area contributed by atoms with E-state index in [4.69, 9.17) is 9.47 Å². The first kappa shape index (κ1) is 18.6. The number of amides is 1. The third-order valence-corrected chi connectivity index (χ3v) is 3.89. The third-order valence-electron chi connectivity index (χ3n) is 3.89. The monoisotopic (exact) mass is 339 g/mol. The molecule has 1 amide bonds. The number of carbonyl (C=O) groups is 1. The van der Waals surface area contributed by atoms with Crippen LogP contribution in [0.4, 0.5) is 0 Å². The molecule has 4 heteroatoms. The highest BCUT2D eigenvalue weighted by molar-refractivity contribution is 5.94. The van der Waals surface area contributed by atoms with Gasteiger partial charge in [0.2, 0.25) is 0 Å². The first-order valence-corrected chi connectivity index (χ1v) is 8.45. The molecule has 0 saturated carbocycles. The first-order valence-electron chi connectivity index (χ1n) is 8.45. The Balaban J connectivity index is 1.85. The van der Waals surface area contributed by atoms with Gasteiger partial charge in [0, 0.05) is 5.56 Å². The lowest BCUT2D eigenvalue weighted by molar-refractivity contribution is 0.0947. The van der Waals surface area contributed by atoms with Crippen LogP contribution >= 0.6 is 0 Å². The van der Waals surface area contributed by atoms with Crippen molar-refractivity contribution in [3.63, 3.8) is 0 Å². The zero-order valence-electron chi connectivity index (χ0n) is 14.9. The SMILES string of the molecule is C=CCc1cc(C(=O)NCCOc2ccc(CC)cc2)ccc1OC. The van der Waals surface area contributed by atoms with Gasteiger partial charge in [0.15, 0.2) is 0 Å². The molecule has 132 valence electrons. The molecule has 0 radical (unpaired) electrons. The molecule has 4 nitrogen and oxygen atoms in total. The normalized spacial score (nSPS) is 10.2. The maximum Gasteiger partial charge on any atom is 0.251 e. The van der Waals surface area contributed by atoms with Gasteiger partial charge >= 0.3 is 0 Å². The first-order chi connectivity index (χ1) is 12.2. The molecule has 0 aliphatic carbocycles. The number of methoxy groups -OCH3 is 1. The molecule has 0 unspecified atom stereocenters. The Hall–Kier alpha value is -2.75. The predicted octanol–water partition coefficient (Wildman–Crippen LogP) is 3.79. The van der Waals surface area contributed by atoms with Gasteiger partial charge in [-0.05, 0) is 54.3 Å². The minimum Gasteiger partial charge on any atom is -0.496 e. The highest BCUT2D eigenvalue weighted by Crippen LogP contribution is 2.20. The van der Waals surface area contributed by atoms with Crippen LogP contribution < -0.4 is 14.8 Å². The van der Waals surface area contributed by atoms with Crippen molar-refractivity contribution < 1.29 is 14.3 Å². The van der Waals surface area contributed by atoms with Gasteiger partial charge in [0.25, 0.3) is 5.91 Å². The van der Waals surface area contributed by atoms with E-state index in [9.17, 15) is 4.79 Å². The van der Waals surface area contributed by atoms with Crippen molar-refractivity contribution in [3.8, 4) is 11.5 Å². The predicted molar refractivity (Wildman–Crippen MR) is 101 cm³/mol. The van der Waals surface area contributed by atoms with Crippen LogP contribution in [0, 0.1) is 0 Å². The highest BCUT2D eigenvalue weighted by atomic mass is 16.5. The fourth-order valence-electron chi connectivity index (χ4n) is 2.49. The van der Waals surface area contributed by atoms with Crippen LogP contribution in [0.15, 0.2) is 55.1 Å². The summed E-state index contributed by atoms with van der Waals surface area (Å²) in [6.45, 7) is 6.71. The number of ether oxygens (including phenoxy) is 2. The Morgan fingerprint density at radius 2 is 1.96 bits per heavy atom. The summed E-state index contributed by atoms with van der Waals surface area (Å²) in [6, 6.07) is 13.4. The Labute approximate surface area is 149 Å². The molecule has 0 aromatic heterocycles. The van der Waals surface area contributed by atoms with Crippen molar-refractivity contribution in [2.24, 2.45) is 0 Å². The van der Waals surface area contributed by atoms with E-state index in [1.807, 2.05) is 30.3 Å². The van der Waals surface area contributed by atoms with Crippen LogP contribution in [0.25, 0.3) is 0 Å². The quantitative estimate of drug-likeness (QED) is 0.558. The summed E-state index contributed by atoms with van der Waals surface area (Å²) in [7, 11) is 1.62. The van der Waals surface area contributed by atoms with Crippen molar-refractivity contribution in [1.82, 2.24) is 5.32 Å². The summed E-state index contributed by atoms with van der Waals surface area (Å²) in [5.41, 5.74) is 2.82. The molecule has 1 N–H and O–H groups in total. The summed E-state index contributed by atoms with van der Waals surface area (Å²) in [5, 5.41) is 2.87. The van der Waals surface area contributed by atoms with Crippen LogP contribution in [0.5, 0.6) is 11.5 Å². The van der Waals surface area contributed by atoms with E-state index >= 15 is 0 Å². The van der Waals surface area contributed by atoms with Gasteiger partial charge in [-0.1, -0.05) is 25.1 Å². The number of aryl methyl sites for hydroxylation is 1.